The molecule has 0 aliphatic carbocycles. The van der Waals surface area contributed by atoms with Crippen molar-refractivity contribution in [3.05, 3.63) is 34.9 Å². The number of nitrogens with one attached hydrogen (secondary N) is 1. The van der Waals surface area contributed by atoms with Crippen LogP contribution in [0.25, 0.3) is 0 Å². The van der Waals surface area contributed by atoms with Gasteiger partial charge in [-0.05, 0) is 11.6 Å². The lowest BCUT2D eigenvalue weighted by atomic mass is 10.2. The molecule has 0 fully saturated rings. The third-order valence-electron chi connectivity index (χ3n) is 2.57. The van der Waals surface area contributed by atoms with Crippen LogP contribution in [-0.4, -0.2) is 24.4 Å². The fourth-order valence-electron chi connectivity index (χ4n) is 1.65. The summed E-state index contributed by atoms with van der Waals surface area (Å²) in [6.07, 6.45) is 1.29. The highest BCUT2D eigenvalue weighted by Crippen LogP contribution is 2.37. The Balaban J connectivity index is 2.04. The number of aromatic nitrogens is 2. The molecule has 0 bridgehead atoms. The van der Waals surface area contributed by atoms with Crippen LogP contribution in [0.4, 0.5) is 0 Å². The number of methoxy groups -OCH3 is 2. The Morgan fingerprint density at radius 2 is 2.11 bits per heavy atom. The molecule has 0 aliphatic heterocycles. The quantitative estimate of drug-likeness (QED) is 0.875. The SMILES string of the molecule is COc1ccc(CNCc2ncon2)c(Cl)c1OC. The standard InChI is InChI=1S/C12H14ClN3O3/c1-17-9-4-3-8(11(13)12(9)18-2)5-14-6-10-15-7-19-16-10/h3-4,7,14H,5-6H2,1-2H3. The molecule has 0 atom stereocenters. The number of nitrogens with zero attached hydrogens (tertiary/aromatic N) is 2. The van der Waals surface area contributed by atoms with Crippen LogP contribution in [0, 0.1) is 0 Å². The van der Waals surface area contributed by atoms with Crippen LogP contribution in [0.1, 0.15) is 11.4 Å². The van der Waals surface area contributed by atoms with Gasteiger partial charge in [0.05, 0.1) is 25.8 Å². The second kappa shape index (κ2) is 6.40. The third-order valence-corrected chi connectivity index (χ3v) is 2.98. The van der Waals surface area contributed by atoms with Gasteiger partial charge in [0.25, 0.3) is 0 Å². The molecule has 0 spiro atoms. The fourth-order valence-corrected chi connectivity index (χ4v) is 1.95. The van der Waals surface area contributed by atoms with Crippen molar-refractivity contribution in [3.8, 4) is 11.5 Å². The highest BCUT2D eigenvalue weighted by atomic mass is 35.5. The van der Waals surface area contributed by atoms with Crippen molar-refractivity contribution in [2.24, 2.45) is 0 Å². The zero-order valence-corrected chi connectivity index (χ0v) is 11.4. The molecule has 1 N–H and O–H groups in total. The van der Waals surface area contributed by atoms with Crippen LogP contribution in [-0.2, 0) is 13.1 Å². The molecule has 0 unspecified atom stereocenters. The maximum Gasteiger partial charge on any atom is 0.213 e. The first-order valence-corrected chi connectivity index (χ1v) is 5.99. The summed E-state index contributed by atoms with van der Waals surface area (Å²) in [6, 6.07) is 3.70. The predicted octanol–water partition coefficient (Wildman–Crippen LogP) is 2.03. The zero-order chi connectivity index (χ0) is 13.7. The van der Waals surface area contributed by atoms with Crippen LogP contribution < -0.4 is 14.8 Å². The molecule has 6 nitrogen and oxygen atoms in total. The lowest BCUT2D eigenvalue weighted by Crippen LogP contribution is -2.14. The topological polar surface area (TPSA) is 69.4 Å². The van der Waals surface area contributed by atoms with Crippen molar-refractivity contribution in [1.82, 2.24) is 15.5 Å². The summed E-state index contributed by atoms with van der Waals surface area (Å²) in [4.78, 5) is 3.91. The van der Waals surface area contributed by atoms with Crippen LogP contribution in [0.5, 0.6) is 11.5 Å². The van der Waals surface area contributed by atoms with Crippen LogP contribution in [0.2, 0.25) is 5.02 Å². The van der Waals surface area contributed by atoms with Gasteiger partial charge in [0.15, 0.2) is 17.3 Å². The van der Waals surface area contributed by atoms with E-state index >= 15 is 0 Å². The largest absolute Gasteiger partial charge is 0.493 e. The summed E-state index contributed by atoms with van der Waals surface area (Å²) < 4.78 is 15.1. The first-order chi connectivity index (χ1) is 9.26. The Bertz CT molecular complexity index is 531. The average Bonchev–Trinajstić information content (AvgIpc) is 2.93. The van der Waals surface area contributed by atoms with Gasteiger partial charge in [-0.2, -0.15) is 4.98 Å². The highest BCUT2D eigenvalue weighted by molar-refractivity contribution is 6.33. The van der Waals surface area contributed by atoms with Gasteiger partial charge in [0.1, 0.15) is 0 Å². The molecule has 1 heterocycles. The Kier molecular flexibility index (Phi) is 4.59. The lowest BCUT2D eigenvalue weighted by Gasteiger charge is -2.12. The third kappa shape index (κ3) is 3.15. The number of rotatable bonds is 6. The Morgan fingerprint density at radius 3 is 2.74 bits per heavy atom. The van der Waals surface area contributed by atoms with Crippen LogP contribution in [0.3, 0.4) is 0 Å². The molecule has 0 saturated carbocycles. The fraction of sp³-hybridized carbons (Fsp3) is 0.333. The molecule has 102 valence electrons. The molecule has 0 radical (unpaired) electrons. The van der Waals surface area contributed by atoms with Crippen molar-refractivity contribution in [1.29, 1.82) is 0 Å². The Labute approximate surface area is 115 Å². The van der Waals surface area contributed by atoms with E-state index in [1.807, 2.05) is 12.1 Å². The molecule has 7 heteroatoms. The summed E-state index contributed by atoms with van der Waals surface area (Å²) in [5, 5.41) is 7.40. The summed E-state index contributed by atoms with van der Waals surface area (Å²) in [5.41, 5.74) is 0.905. The van der Waals surface area contributed by atoms with Gasteiger partial charge >= 0.3 is 0 Å². The summed E-state index contributed by atoms with van der Waals surface area (Å²) in [6.45, 7) is 1.06. The summed E-state index contributed by atoms with van der Waals surface area (Å²) in [5.74, 6) is 1.73. The number of ether oxygens (including phenoxy) is 2. The van der Waals surface area contributed by atoms with E-state index < -0.39 is 0 Å². The smallest absolute Gasteiger partial charge is 0.213 e. The molecule has 2 aromatic rings. The summed E-state index contributed by atoms with van der Waals surface area (Å²) in [7, 11) is 3.13. The molecular formula is C12H14ClN3O3. The molecular weight excluding hydrogens is 270 g/mol. The maximum absolute atomic E-state index is 6.26. The summed E-state index contributed by atoms with van der Waals surface area (Å²) >= 11 is 6.26. The van der Waals surface area contributed by atoms with Crippen molar-refractivity contribution in [2.75, 3.05) is 14.2 Å². The van der Waals surface area contributed by atoms with Gasteiger partial charge in [0.2, 0.25) is 6.39 Å². The molecule has 2 rings (SSSR count). The first kappa shape index (κ1) is 13.6. The van der Waals surface area contributed by atoms with Gasteiger partial charge in [0, 0.05) is 6.54 Å². The average molecular weight is 284 g/mol. The Hall–Kier alpha value is -1.79. The van der Waals surface area contributed by atoms with E-state index in [2.05, 4.69) is 20.0 Å². The highest BCUT2D eigenvalue weighted by Gasteiger charge is 2.12. The minimum absolute atomic E-state index is 0.501. The van der Waals surface area contributed by atoms with E-state index in [1.54, 1.807) is 14.2 Å². The van der Waals surface area contributed by atoms with Gasteiger partial charge in [-0.1, -0.05) is 22.8 Å². The molecule has 0 saturated heterocycles. The van der Waals surface area contributed by atoms with Crippen molar-refractivity contribution in [3.63, 3.8) is 0 Å². The monoisotopic (exact) mass is 283 g/mol. The molecule has 0 amide bonds. The van der Waals surface area contributed by atoms with Crippen LogP contribution >= 0.6 is 11.6 Å². The van der Waals surface area contributed by atoms with Gasteiger partial charge in [-0.3, -0.25) is 0 Å². The lowest BCUT2D eigenvalue weighted by molar-refractivity contribution is 0.354. The van der Waals surface area contributed by atoms with E-state index in [1.165, 1.54) is 6.39 Å². The zero-order valence-electron chi connectivity index (χ0n) is 10.6. The van der Waals surface area contributed by atoms with E-state index in [9.17, 15) is 0 Å². The normalized spacial score (nSPS) is 10.5. The predicted molar refractivity (Wildman–Crippen MR) is 69.4 cm³/mol. The second-order valence-corrected chi connectivity index (χ2v) is 4.10. The van der Waals surface area contributed by atoms with Crippen molar-refractivity contribution < 1.29 is 14.0 Å². The van der Waals surface area contributed by atoms with E-state index in [0.717, 1.165) is 5.56 Å². The minimum Gasteiger partial charge on any atom is -0.493 e. The molecule has 0 aliphatic rings. The number of halogens is 1. The van der Waals surface area contributed by atoms with Gasteiger partial charge in [-0.25, -0.2) is 0 Å². The number of hydrogen-bond acceptors (Lipinski definition) is 6. The van der Waals surface area contributed by atoms with E-state index in [4.69, 9.17) is 21.1 Å². The molecule has 19 heavy (non-hydrogen) atoms. The number of benzene rings is 1. The van der Waals surface area contributed by atoms with Gasteiger partial charge < -0.3 is 19.3 Å². The molecule has 1 aromatic heterocycles. The Morgan fingerprint density at radius 1 is 1.26 bits per heavy atom. The van der Waals surface area contributed by atoms with Crippen molar-refractivity contribution >= 4 is 11.6 Å². The number of hydrogen-bond donors (Lipinski definition) is 1. The van der Waals surface area contributed by atoms with E-state index in [0.29, 0.717) is 35.4 Å². The van der Waals surface area contributed by atoms with Crippen molar-refractivity contribution in [2.45, 2.75) is 13.1 Å². The van der Waals surface area contributed by atoms with E-state index in [-0.39, 0.29) is 0 Å². The van der Waals surface area contributed by atoms with Gasteiger partial charge in [-0.15, -0.1) is 0 Å². The second-order valence-electron chi connectivity index (χ2n) is 3.73. The minimum atomic E-state index is 0.501. The van der Waals surface area contributed by atoms with Crippen LogP contribution in [0.15, 0.2) is 23.0 Å². The molecule has 1 aromatic carbocycles. The maximum atomic E-state index is 6.26. The first-order valence-electron chi connectivity index (χ1n) is 5.61.